The van der Waals surface area contributed by atoms with Gasteiger partial charge in [0.2, 0.25) is 5.83 Å². The third-order valence-electron chi connectivity index (χ3n) is 3.33. The SMILES string of the molecule is CCOC(=O)C(F)=CC1C(C)C1(C)C(=O)O. The van der Waals surface area contributed by atoms with E-state index in [1.54, 1.807) is 20.8 Å². The van der Waals surface area contributed by atoms with Crippen molar-refractivity contribution in [3.63, 3.8) is 0 Å². The summed E-state index contributed by atoms with van der Waals surface area (Å²) >= 11 is 0. The predicted molar refractivity (Wildman–Crippen MR) is 54.2 cm³/mol. The highest BCUT2D eigenvalue weighted by Gasteiger charge is 2.63. The van der Waals surface area contributed by atoms with Crippen LogP contribution in [0.25, 0.3) is 0 Å². The highest BCUT2D eigenvalue weighted by Crippen LogP contribution is 2.59. The first-order chi connectivity index (χ1) is 7.35. The molecule has 3 unspecified atom stereocenters. The maximum absolute atomic E-state index is 13.2. The lowest BCUT2D eigenvalue weighted by Gasteiger charge is -2.02. The second-order valence-corrected chi connectivity index (χ2v) is 4.14. The van der Waals surface area contributed by atoms with E-state index in [2.05, 4.69) is 4.74 Å². The highest BCUT2D eigenvalue weighted by molar-refractivity contribution is 5.87. The molecule has 4 nitrogen and oxygen atoms in total. The van der Waals surface area contributed by atoms with Gasteiger partial charge in [-0.1, -0.05) is 6.92 Å². The Bertz CT molecular complexity index is 350. The summed E-state index contributed by atoms with van der Waals surface area (Å²) in [5, 5.41) is 8.94. The van der Waals surface area contributed by atoms with E-state index in [1.807, 2.05) is 0 Å². The van der Waals surface area contributed by atoms with Crippen molar-refractivity contribution in [1.82, 2.24) is 0 Å². The minimum atomic E-state index is -1.03. The topological polar surface area (TPSA) is 63.6 Å². The third-order valence-corrected chi connectivity index (χ3v) is 3.33. The zero-order valence-electron chi connectivity index (χ0n) is 9.49. The second-order valence-electron chi connectivity index (χ2n) is 4.14. The normalized spacial score (nSPS) is 33.4. The van der Waals surface area contributed by atoms with Crippen LogP contribution in [0.5, 0.6) is 0 Å². The molecule has 0 radical (unpaired) electrons. The van der Waals surface area contributed by atoms with E-state index in [9.17, 15) is 14.0 Å². The number of carboxylic acid groups (broad SMARTS) is 1. The minimum Gasteiger partial charge on any atom is -0.481 e. The molecule has 0 aromatic heterocycles. The Morgan fingerprint density at radius 1 is 1.56 bits per heavy atom. The lowest BCUT2D eigenvalue weighted by Crippen LogP contribution is -2.14. The number of aliphatic carboxylic acids is 1. The fraction of sp³-hybridized carbons (Fsp3) is 0.636. The maximum Gasteiger partial charge on any atom is 0.366 e. The summed E-state index contributed by atoms with van der Waals surface area (Å²) in [5.41, 5.74) is -0.968. The minimum absolute atomic E-state index is 0.0938. The summed E-state index contributed by atoms with van der Waals surface area (Å²) < 4.78 is 17.7. The van der Waals surface area contributed by atoms with Crippen molar-refractivity contribution in [2.45, 2.75) is 20.8 Å². The van der Waals surface area contributed by atoms with Crippen LogP contribution in [0.2, 0.25) is 0 Å². The van der Waals surface area contributed by atoms with Crippen molar-refractivity contribution < 1.29 is 23.8 Å². The monoisotopic (exact) mass is 230 g/mol. The van der Waals surface area contributed by atoms with E-state index in [1.165, 1.54) is 0 Å². The molecule has 1 saturated carbocycles. The molecule has 0 bridgehead atoms. The number of halogens is 1. The summed E-state index contributed by atoms with van der Waals surface area (Å²) in [6.07, 6.45) is 1.05. The number of carboxylic acids is 1. The van der Waals surface area contributed by atoms with Crippen LogP contribution in [0.3, 0.4) is 0 Å². The van der Waals surface area contributed by atoms with Gasteiger partial charge in [-0.3, -0.25) is 4.79 Å². The third kappa shape index (κ3) is 1.94. The molecule has 0 aromatic carbocycles. The van der Waals surface area contributed by atoms with Crippen molar-refractivity contribution >= 4 is 11.9 Å². The number of ether oxygens (including phenoxy) is 1. The maximum atomic E-state index is 13.2. The lowest BCUT2D eigenvalue weighted by atomic mass is 10.1. The van der Waals surface area contributed by atoms with Crippen LogP contribution >= 0.6 is 0 Å². The van der Waals surface area contributed by atoms with Crippen molar-refractivity contribution in [1.29, 1.82) is 0 Å². The van der Waals surface area contributed by atoms with E-state index in [0.717, 1.165) is 6.08 Å². The quantitative estimate of drug-likeness (QED) is 0.590. The standard InChI is InChI=1S/C11H15FO4/c1-4-16-9(13)8(12)5-7-6(2)11(7,3)10(14)15/h5-7H,4H2,1-3H3,(H,14,15). The summed E-state index contributed by atoms with van der Waals surface area (Å²) in [6, 6.07) is 0. The van der Waals surface area contributed by atoms with Crippen molar-refractivity contribution in [2.24, 2.45) is 17.3 Å². The molecule has 0 heterocycles. The van der Waals surface area contributed by atoms with E-state index >= 15 is 0 Å². The molecule has 1 aliphatic carbocycles. The van der Waals surface area contributed by atoms with Gasteiger partial charge in [0.15, 0.2) is 0 Å². The summed E-state index contributed by atoms with van der Waals surface area (Å²) in [5.74, 6) is -3.64. The Labute approximate surface area is 93.1 Å². The average molecular weight is 230 g/mol. The summed E-state index contributed by atoms with van der Waals surface area (Å²) in [6.45, 7) is 4.93. The van der Waals surface area contributed by atoms with Crippen LogP contribution in [0.4, 0.5) is 4.39 Å². The molecule has 1 fully saturated rings. The molecule has 0 spiro atoms. The number of esters is 1. The van der Waals surface area contributed by atoms with Crippen LogP contribution in [-0.2, 0) is 14.3 Å². The Hall–Kier alpha value is -1.39. The fourth-order valence-electron chi connectivity index (χ4n) is 1.85. The number of allylic oxidation sites excluding steroid dienone is 1. The lowest BCUT2D eigenvalue weighted by molar-refractivity contribution is -0.144. The van der Waals surface area contributed by atoms with Crippen LogP contribution in [0.1, 0.15) is 20.8 Å². The molecular formula is C11H15FO4. The highest BCUT2D eigenvalue weighted by atomic mass is 19.1. The van der Waals surface area contributed by atoms with Gasteiger partial charge in [0.1, 0.15) is 0 Å². The smallest absolute Gasteiger partial charge is 0.366 e. The average Bonchev–Trinajstić information content (AvgIpc) is 2.72. The van der Waals surface area contributed by atoms with Gasteiger partial charge in [0, 0.05) is 0 Å². The molecule has 0 aliphatic heterocycles. The van der Waals surface area contributed by atoms with Gasteiger partial charge in [-0.15, -0.1) is 0 Å². The van der Waals surface area contributed by atoms with E-state index in [0.29, 0.717) is 0 Å². The zero-order chi connectivity index (χ0) is 12.5. The molecule has 16 heavy (non-hydrogen) atoms. The fourth-order valence-corrected chi connectivity index (χ4v) is 1.85. The number of carbonyl (C=O) groups is 2. The molecule has 5 heteroatoms. The van der Waals surface area contributed by atoms with Crippen LogP contribution in [-0.4, -0.2) is 23.7 Å². The molecule has 1 N–H and O–H groups in total. The Morgan fingerprint density at radius 3 is 2.50 bits per heavy atom. The predicted octanol–water partition coefficient (Wildman–Crippen LogP) is 1.76. The van der Waals surface area contributed by atoms with Gasteiger partial charge in [0.25, 0.3) is 0 Å². The Balaban J connectivity index is 2.73. The van der Waals surface area contributed by atoms with E-state index in [4.69, 9.17) is 5.11 Å². The molecule has 0 aromatic rings. The van der Waals surface area contributed by atoms with Crippen molar-refractivity contribution in [2.75, 3.05) is 6.61 Å². The van der Waals surface area contributed by atoms with Crippen LogP contribution in [0, 0.1) is 17.3 Å². The van der Waals surface area contributed by atoms with Crippen LogP contribution < -0.4 is 0 Å². The van der Waals surface area contributed by atoms with Crippen molar-refractivity contribution in [3.05, 3.63) is 11.9 Å². The van der Waals surface area contributed by atoms with Gasteiger partial charge < -0.3 is 9.84 Å². The summed E-state index contributed by atoms with van der Waals surface area (Å²) in [7, 11) is 0. The zero-order valence-corrected chi connectivity index (χ0v) is 9.49. The first kappa shape index (κ1) is 12.7. The van der Waals surface area contributed by atoms with Gasteiger partial charge in [0.05, 0.1) is 12.0 Å². The Morgan fingerprint density at radius 2 is 2.12 bits per heavy atom. The molecule has 90 valence electrons. The number of rotatable bonds is 4. The molecule has 3 atom stereocenters. The van der Waals surface area contributed by atoms with E-state index < -0.39 is 29.1 Å². The summed E-state index contributed by atoms with van der Waals surface area (Å²) in [4.78, 5) is 21.9. The molecular weight excluding hydrogens is 215 g/mol. The van der Waals surface area contributed by atoms with Crippen LogP contribution in [0.15, 0.2) is 11.9 Å². The first-order valence-electron chi connectivity index (χ1n) is 5.13. The van der Waals surface area contributed by atoms with Gasteiger partial charge >= 0.3 is 11.9 Å². The molecule has 1 rings (SSSR count). The molecule has 1 aliphatic rings. The first-order valence-corrected chi connectivity index (χ1v) is 5.13. The number of hydrogen-bond acceptors (Lipinski definition) is 3. The molecule has 0 amide bonds. The largest absolute Gasteiger partial charge is 0.481 e. The molecule has 0 saturated heterocycles. The van der Waals surface area contributed by atoms with Gasteiger partial charge in [-0.2, -0.15) is 4.39 Å². The Kier molecular flexibility index (Phi) is 3.35. The van der Waals surface area contributed by atoms with Crippen molar-refractivity contribution in [3.8, 4) is 0 Å². The van der Waals surface area contributed by atoms with Gasteiger partial charge in [-0.05, 0) is 31.8 Å². The number of carbonyl (C=O) groups excluding carboxylic acids is 1. The van der Waals surface area contributed by atoms with Gasteiger partial charge in [-0.25, -0.2) is 4.79 Å². The van der Waals surface area contributed by atoms with E-state index in [-0.39, 0.29) is 12.5 Å². The number of hydrogen-bond donors (Lipinski definition) is 1. The second kappa shape index (κ2) is 4.23.